The highest BCUT2D eigenvalue weighted by atomic mass is 35.5. The van der Waals surface area contributed by atoms with Gasteiger partial charge in [-0.25, -0.2) is 4.98 Å². The van der Waals surface area contributed by atoms with Crippen molar-refractivity contribution in [2.75, 3.05) is 7.11 Å². The zero-order chi connectivity index (χ0) is 10.1. The van der Waals surface area contributed by atoms with Crippen LogP contribution in [-0.4, -0.2) is 12.1 Å². The molecule has 0 saturated heterocycles. The van der Waals surface area contributed by atoms with Crippen molar-refractivity contribution >= 4 is 22.4 Å². The fourth-order valence-corrected chi connectivity index (χ4v) is 1.70. The Morgan fingerprint density at radius 1 is 1.36 bits per heavy atom. The van der Waals surface area contributed by atoms with Crippen LogP contribution in [-0.2, 0) is 0 Å². The minimum absolute atomic E-state index is 0.508. The van der Waals surface area contributed by atoms with E-state index in [0.717, 1.165) is 22.1 Å². The third kappa shape index (κ3) is 1.42. The maximum Gasteiger partial charge on any atom is 0.129 e. The topological polar surface area (TPSA) is 22.1 Å². The average molecular weight is 208 g/mol. The fraction of sp³-hybridized carbons (Fsp3) is 0.182. The molecule has 2 aromatic rings. The van der Waals surface area contributed by atoms with Crippen LogP contribution >= 0.6 is 11.6 Å². The lowest BCUT2D eigenvalue weighted by molar-refractivity contribution is 0.412. The first-order valence-corrected chi connectivity index (χ1v) is 4.69. The van der Waals surface area contributed by atoms with Crippen LogP contribution in [0.5, 0.6) is 5.75 Å². The number of pyridine rings is 1. The molecule has 72 valence electrons. The highest BCUT2D eigenvalue weighted by molar-refractivity contribution is 6.30. The Bertz CT molecular complexity index is 482. The Hall–Kier alpha value is -1.28. The van der Waals surface area contributed by atoms with E-state index in [2.05, 4.69) is 4.98 Å². The molecule has 0 aliphatic carbocycles. The van der Waals surface area contributed by atoms with Crippen molar-refractivity contribution in [3.63, 3.8) is 0 Å². The number of nitrogens with zero attached hydrogens (tertiary/aromatic N) is 1. The van der Waals surface area contributed by atoms with Crippen LogP contribution in [0.15, 0.2) is 24.4 Å². The predicted molar refractivity (Wildman–Crippen MR) is 58.0 cm³/mol. The SMILES string of the molecule is COc1ccc2cnc(Cl)cc2c1C. The van der Waals surface area contributed by atoms with Crippen molar-refractivity contribution < 1.29 is 4.74 Å². The number of aryl methyl sites for hydroxylation is 1. The molecule has 0 N–H and O–H groups in total. The van der Waals surface area contributed by atoms with Gasteiger partial charge in [0.15, 0.2) is 0 Å². The molecule has 0 bridgehead atoms. The molecule has 1 heterocycles. The lowest BCUT2D eigenvalue weighted by Crippen LogP contribution is -1.88. The van der Waals surface area contributed by atoms with E-state index in [1.807, 2.05) is 25.1 Å². The lowest BCUT2D eigenvalue weighted by atomic mass is 10.1. The van der Waals surface area contributed by atoms with E-state index in [0.29, 0.717) is 5.15 Å². The third-order valence-electron chi connectivity index (χ3n) is 2.31. The van der Waals surface area contributed by atoms with Gasteiger partial charge in [-0.1, -0.05) is 11.6 Å². The number of hydrogen-bond donors (Lipinski definition) is 0. The molecule has 0 amide bonds. The maximum absolute atomic E-state index is 5.83. The van der Waals surface area contributed by atoms with Crippen LogP contribution in [0.2, 0.25) is 5.15 Å². The summed E-state index contributed by atoms with van der Waals surface area (Å²) in [5.74, 6) is 0.875. The highest BCUT2D eigenvalue weighted by Gasteiger charge is 2.04. The van der Waals surface area contributed by atoms with Gasteiger partial charge in [0.1, 0.15) is 10.9 Å². The van der Waals surface area contributed by atoms with Crippen molar-refractivity contribution in [1.29, 1.82) is 0 Å². The summed E-state index contributed by atoms with van der Waals surface area (Å²) in [5.41, 5.74) is 1.09. The van der Waals surface area contributed by atoms with Crippen LogP contribution in [0.1, 0.15) is 5.56 Å². The summed E-state index contributed by atoms with van der Waals surface area (Å²) in [6, 6.07) is 5.77. The maximum atomic E-state index is 5.83. The molecule has 0 unspecified atom stereocenters. The number of methoxy groups -OCH3 is 1. The van der Waals surface area contributed by atoms with Gasteiger partial charge in [0, 0.05) is 11.6 Å². The molecule has 0 saturated carbocycles. The Morgan fingerprint density at radius 2 is 2.14 bits per heavy atom. The van der Waals surface area contributed by atoms with E-state index in [-0.39, 0.29) is 0 Å². The number of benzene rings is 1. The molecular formula is C11H10ClNO. The first-order valence-electron chi connectivity index (χ1n) is 4.31. The normalized spacial score (nSPS) is 10.5. The second-order valence-electron chi connectivity index (χ2n) is 3.12. The van der Waals surface area contributed by atoms with Gasteiger partial charge in [0.2, 0.25) is 0 Å². The predicted octanol–water partition coefficient (Wildman–Crippen LogP) is 3.21. The Morgan fingerprint density at radius 3 is 2.86 bits per heavy atom. The third-order valence-corrected chi connectivity index (χ3v) is 2.52. The van der Waals surface area contributed by atoms with E-state index < -0.39 is 0 Å². The summed E-state index contributed by atoms with van der Waals surface area (Å²) in [6.07, 6.45) is 1.77. The van der Waals surface area contributed by atoms with E-state index in [1.165, 1.54) is 0 Å². The Labute approximate surface area is 87.5 Å². The smallest absolute Gasteiger partial charge is 0.129 e. The van der Waals surface area contributed by atoms with Gasteiger partial charge < -0.3 is 4.74 Å². The number of fused-ring (bicyclic) bond motifs is 1. The average Bonchev–Trinajstić information content (AvgIpc) is 2.20. The molecule has 3 heteroatoms. The monoisotopic (exact) mass is 207 g/mol. The molecule has 14 heavy (non-hydrogen) atoms. The standard InChI is InChI=1S/C11H10ClNO/c1-7-9-5-11(12)13-6-8(9)3-4-10(7)14-2/h3-6H,1-2H3. The van der Waals surface area contributed by atoms with Crippen LogP contribution in [0, 0.1) is 6.92 Å². The molecular weight excluding hydrogens is 198 g/mol. The van der Waals surface area contributed by atoms with Gasteiger partial charge in [-0.2, -0.15) is 0 Å². The molecule has 1 aromatic heterocycles. The number of rotatable bonds is 1. The Balaban J connectivity index is 2.79. The van der Waals surface area contributed by atoms with E-state index in [9.17, 15) is 0 Å². The van der Waals surface area contributed by atoms with E-state index in [1.54, 1.807) is 13.3 Å². The summed E-state index contributed by atoms with van der Waals surface area (Å²) in [7, 11) is 1.66. The van der Waals surface area contributed by atoms with Crippen molar-refractivity contribution in [1.82, 2.24) is 4.98 Å². The second-order valence-corrected chi connectivity index (χ2v) is 3.51. The van der Waals surface area contributed by atoms with Gasteiger partial charge in [-0.3, -0.25) is 0 Å². The van der Waals surface area contributed by atoms with Crippen LogP contribution in [0.3, 0.4) is 0 Å². The zero-order valence-corrected chi connectivity index (χ0v) is 8.80. The molecule has 0 atom stereocenters. The van der Waals surface area contributed by atoms with Crippen LogP contribution in [0.4, 0.5) is 0 Å². The Kier molecular flexibility index (Phi) is 2.30. The van der Waals surface area contributed by atoms with Crippen molar-refractivity contribution in [3.05, 3.63) is 35.1 Å². The molecule has 1 aromatic carbocycles. The number of aromatic nitrogens is 1. The van der Waals surface area contributed by atoms with Crippen molar-refractivity contribution in [2.24, 2.45) is 0 Å². The summed E-state index contributed by atoms with van der Waals surface area (Å²) >= 11 is 5.83. The van der Waals surface area contributed by atoms with E-state index in [4.69, 9.17) is 16.3 Å². The van der Waals surface area contributed by atoms with Crippen molar-refractivity contribution in [3.8, 4) is 5.75 Å². The van der Waals surface area contributed by atoms with Crippen LogP contribution in [0.25, 0.3) is 10.8 Å². The number of halogens is 1. The molecule has 0 fully saturated rings. The minimum Gasteiger partial charge on any atom is -0.496 e. The van der Waals surface area contributed by atoms with Crippen LogP contribution < -0.4 is 4.74 Å². The summed E-state index contributed by atoms with van der Waals surface area (Å²) in [6.45, 7) is 2.01. The number of hydrogen-bond acceptors (Lipinski definition) is 2. The van der Waals surface area contributed by atoms with Gasteiger partial charge in [0.05, 0.1) is 7.11 Å². The van der Waals surface area contributed by atoms with Gasteiger partial charge in [-0.05, 0) is 36.1 Å². The number of ether oxygens (including phenoxy) is 1. The van der Waals surface area contributed by atoms with Crippen molar-refractivity contribution in [2.45, 2.75) is 6.92 Å². The zero-order valence-electron chi connectivity index (χ0n) is 8.04. The molecule has 0 aliphatic heterocycles. The largest absolute Gasteiger partial charge is 0.496 e. The molecule has 0 spiro atoms. The first kappa shape index (κ1) is 9.28. The van der Waals surface area contributed by atoms with Gasteiger partial charge >= 0.3 is 0 Å². The quantitative estimate of drug-likeness (QED) is 0.670. The highest BCUT2D eigenvalue weighted by Crippen LogP contribution is 2.27. The van der Waals surface area contributed by atoms with Gasteiger partial charge in [0.25, 0.3) is 0 Å². The lowest BCUT2D eigenvalue weighted by Gasteiger charge is -2.07. The summed E-state index contributed by atoms with van der Waals surface area (Å²) in [5, 5.41) is 2.67. The fourth-order valence-electron chi connectivity index (χ4n) is 1.54. The summed E-state index contributed by atoms with van der Waals surface area (Å²) in [4.78, 5) is 4.03. The molecule has 0 radical (unpaired) electrons. The first-order chi connectivity index (χ1) is 6.72. The van der Waals surface area contributed by atoms with E-state index >= 15 is 0 Å². The summed E-state index contributed by atoms with van der Waals surface area (Å²) < 4.78 is 5.23. The molecule has 2 nitrogen and oxygen atoms in total. The second kappa shape index (κ2) is 3.46. The minimum atomic E-state index is 0.508. The molecule has 0 aliphatic rings. The molecule has 2 rings (SSSR count). The van der Waals surface area contributed by atoms with Gasteiger partial charge in [-0.15, -0.1) is 0 Å².